The highest BCUT2D eigenvalue weighted by atomic mass is 35.5. The van der Waals surface area contributed by atoms with E-state index in [-0.39, 0.29) is 48.7 Å². The normalized spacial score (nSPS) is 15.1. The van der Waals surface area contributed by atoms with Crippen LogP contribution in [-0.4, -0.2) is 62.8 Å². The van der Waals surface area contributed by atoms with E-state index >= 15 is 0 Å². The fraction of sp³-hybridized carbons (Fsp3) is 0.379. The van der Waals surface area contributed by atoms with E-state index in [9.17, 15) is 8.78 Å². The maximum absolute atomic E-state index is 13.4. The number of ether oxygens (including phenoxy) is 2. The Morgan fingerprint density at radius 3 is 1.65 bits per heavy atom. The summed E-state index contributed by atoms with van der Waals surface area (Å²) in [6, 6.07) is 23.0. The van der Waals surface area contributed by atoms with Crippen LogP contribution in [0.25, 0.3) is 0 Å². The molecule has 0 saturated carbocycles. The molecule has 4 nitrogen and oxygen atoms in total. The molecule has 3 aromatic carbocycles. The van der Waals surface area contributed by atoms with Crippen LogP contribution in [0.15, 0.2) is 78.9 Å². The Bertz CT molecular complexity index is 973. The largest absolute Gasteiger partial charge is 0.377 e. The van der Waals surface area contributed by atoms with Crippen LogP contribution in [0.3, 0.4) is 0 Å². The van der Waals surface area contributed by atoms with Gasteiger partial charge >= 0.3 is 0 Å². The summed E-state index contributed by atoms with van der Waals surface area (Å²) in [5.41, 5.74) is 2.94. The maximum Gasteiger partial charge on any atom is 0.123 e. The molecule has 0 aromatic heterocycles. The van der Waals surface area contributed by atoms with Crippen LogP contribution in [0.1, 0.15) is 35.3 Å². The zero-order chi connectivity index (χ0) is 24.5. The van der Waals surface area contributed by atoms with E-state index in [4.69, 9.17) is 9.47 Å². The number of methoxy groups -OCH3 is 1. The van der Waals surface area contributed by atoms with Gasteiger partial charge in [0, 0.05) is 46.4 Å². The van der Waals surface area contributed by atoms with Gasteiger partial charge in [-0.15, -0.1) is 24.8 Å². The van der Waals surface area contributed by atoms with E-state index in [1.807, 2.05) is 6.07 Å². The highest BCUT2D eigenvalue weighted by Crippen LogP contribution is 2.27. The Labute approximate surface area is 231 Å². The van der Waals surface area contributed by atoms with E-state index in [1.165, 1.54) is 29.8 Å². The average molecular weight is 554 g/mol. The molecule has 1 atom stereocenters. The quantitative estimate of drug-likeness (QED) is 0.278. The second-order valence-electron chi connectivity index (χ2n) is 8.96. The third kappa shape index (κ3) is 9.32. The van der Waals surface area contributed by atoms with Crippen LogP contribution >= 0.6 is 24.8 Å². The standard InChI is InChI=1S/C29H34F2N2O2.2ClH/c1-34-28(23-5-3-2-4-6-23)15-16-32-17-19-33(20-18-32)21-22-35-29(24-7-11-26(30)12-8-24)25-9-13-27(31)14-10-25;;/h2-14,28-29H,15-22H2,1H3;2*1H. The minimum absolute atomic E-state index is 0. The molecule has 37 heavy (non-hydrogen) atoms. The van der Waals surface area contributed by atoms with Gasteiger partial charge in [-0.25, -0.2) is 8.78 Å². The highest BCUT2D eigenvalue weighted by Gasteiger charge is 2.20. The van der Waals surface area contributed by atoms with Gasteiger partial charge in [-0.2, -0.15) is 0 Å². The molecule has 0 N–H and O–H groups in total. The molecule has 3 aromatic rings. The van der Waals surface area contributed by atoms with Gasteiger partial charge in [0.05, 0.1) is 12.7 Å². The van der Waals surface area contributed by atoms with Crippen LogP contribution in [0.4, 0.5) is 8.78 Å². The first-order chi connectivity index (χ1) is 17.1. The lowest BCUT2D eigenvalue weighted by Crippen LogP contribution is -2.47. The van der Waals surface area contributed by atoms with Gasteiger partial charge in [-0.3, -0.25) is 4.90 Å². The van der Waals surface area contributed by atoms with Crippen LogP contribution in [0.2, 0.25) is 0 Å². The molecule has 0 radical (unpaired) electrons. The SMILES string of the molecule is COC(CCN1CCN(CCOC(c2ccc(F)cc2)c2ccc(F)cc2)CC1)c1ccccc1.Cl.Cl. The molecular formula is C29H36Cl2F2N2O2. The topological polar surface area (TPSA) is 24.9 Å². The number of halogens is 4. The van der Waals surface area contributed by atoms with Crippen molar-refractivity contribution in [2.75, 3.05) is 53.0 Å². The van der Waals surface area contributed by atoms with Gasteiger partial charge < -0.3 is 14.4 Å². The van der Waals surface area contributed by atoms with Crippen LogP contribution in [0.5, 0.6) is 0 Å². The minimum atomic E-state index is -0.360. The average Bonchev–Trinajstić information content (AvgIpc) is 2.90. The zero-order valence-electron chi connectivity index (χ0n) is 21.1. The van der Waals surface area contributed by atoms with E-state index in [0.29, 0.717) is 6.61 Å². The van der Waals surface area contributed by atoms with Gasteiger partial charge in [0.1, 0.15) is 17.7 Å². The summed E-state index contributed by atoms with van der Waals surface area (Å²) in [5, 5.41) is 0. The monoisotopic (exact) mass is 552 g/mol. The molecule has 1 aliphatic heterocycles. The van der Waals surface area contributed by atoms with Crippen LogP contribution < -0.4 is 0 Å². The second kappa shape index (κ2) is 16.0. The third-order valence-corrected chi connectivity index (χ3v) is 6.67. The fourth-order valence-corrected chi connectivity index (χ4v) is 4.58. The molecule has 1 aliphatic rings. The van der Waals surface area contributed by atoms with Crippen molar-refractivity contribution < 1.29 is 18.3 Å². The summed E-state index contributed by atoms with van der Waals surface area (Å²) in [5.74, 6) is -0.574. The lowest BCUT2D eigenvalue weighted by Gasteiger charge is -2.35. The lowest BCUT2D eigenvalue weighted by molar-refractivity contribution is 0.0394. The van der Waals surface area contributed by atoms with Gasteiger partial charge in [0.15, 0.2) is 0 Å². The van der Waals surface area contributed by atoms with Crippen molar-refractivity contribution in [2.24, 2.45) is 0 Å². The van der Waals surface area contributed by atoms with Crippen molar-refractivity contribution in [3.63, 3.8) is 0 Å². The van der Waals surface area contributed by atoms with Crippen molar-refractivity contribution >= 4 is 24.8 Å². The number of hydrogen-bond acceptors (Lipinski definition) is 4. The summed E-state index contributed by atoms with van der Waals surface area (Å²) in [7, 11) is 1.78. The molecule has 0 amide bonds. The number of nitrogens with zero attached hydrogens (tertiary/aromatic N) is 2. The lowest BCUT2D eigenvalue weighted by atomic mass is 10.0. The summed E-state index contributed by atoms with van der Waals surface area (Å²) in [4.78, 5) is 4.90. The van der Waals surface area contributed by atoms with E-state index in [1.54, 1.807) is 31.4 Å². The third-order valence-electron chi connectivity index (χ3n) is 6.67. The molecule has 8 heteroatoms. The number of piperazine rings is 1. The number of rotatable bonds is 11. The fourth-order valence-electron chi connectivity index (χ4n) is 4.58. The molecule has 1 fully saturated rings. The van der Waals surface area contributed by atoms with Crippen molar-refractivity contribution in [2.45, 2.75) is 18.6 Å². The van der Waals surface area contributed by atoms with Gasteiger partial charge in [0.2, 0.25) is 0 Å². The van der Waals surface area contributed by atoms with E-state index < -0.39 is 0 Å². The van der Waals surface area contributed by atoms with Gasteiger partial charge in [0.25, 0.3) is 0 Å². The molecule has 0 bridgehead atoms. The highest BCUT2D eigenvalue weighted by molar-refractivity contribution is 5.85. The van der Waals surface area contributed by atoms with Gasteiger partial charge in [-0.05, 0) is 47.4 Å². The molecule has 1 heterocycles. The first-order valence-electron chi connectivity index (χ1n) is 12.3. The van der Waals surface area contributed by atoms with Crippen molar-refractivity contribution in [1.82, 2.24) is 9.80 Å². The molecule has 0 aliphatic carbocycles. The molecule has 1 unspecified atom stereocenters. The first kappa shape index (κ1) is 31.2. The van der Waals surface area contributed by atoms with Gasteiger partial charge in [-0.1, -0.05) is 54.6 Å². The van der Waals surface area contributed by atoms with E-state index in [0.717, 1.165) is 56.8 Å². The number of benzene rings is 3. The molecule has 202 valence electrons. The minimum Gasteiger partial charge on any atom is -0.377 e. The Kier molecular flexibility index (Phi) is 13.5. The molecule has 4 rings (SSSR count). The van der Waals surface area contributed by atoms with Crippen LogP contribution in [0, 0.1) is 11.6 Å². The second-order valence-corrected chi connectivity index (χ2v) is 8.96. The Hall–Kier alpha value is -2.06. The molecular weight excluding hydrogens is 517 g/mol. The summed E-state index contributed by atoms with van der Waals surface area (Å²) < 4.78 is 38.8. The maximum atomic E-state index is 13.4. The number of hydrogen-bond donors (Lipinski definition) is 0. The Morgan fingerprint density at radius 1 is 0.676 bits per heavy atom. The Balaban J connectivity index is 0.00000241. The summed E-state index contributed by atoms with van der Waals surface area (Å²) in [6.07, 6.45) is 0.736. The first-order valence-corrected chi connectivity index (χ1v) is 12.3. The predicted octanol–water partition coefficient (Wildman–Crippen LogP) is 6.31. The van der Waals surface area contributed by atoms with Crippen molar-refractivity contribution in [3.05, 3.63) is 107 Å². The summed E-state index contributed by atoms with van der Waals surface area (Å²) >= 11 is 0. The molecule has 1 saturated heterocycles. The zero-order valence-corrected chi connectivity index (χ0v) is 22.7. The Morgan fingerprint density at radius 2 is 1.16 bits per heavy atom. The smallest absolute Gasteiger partial charge is 0.123 e. The van der Waals surface area contributed by atoms with Crippen molar-refractivity contribution in [1.29, 1.82) is 0 Å². The van der Waals surface area contributed by atoms with Crippen molar-refractivity contribution in [3.8, 4) is 0 Å². The van der Waals surface area contributed by atoms with Crippen LogP contribution in [-0.2, 0) is 9.47 Å². The molecule has 0 spiro atoms. The summed E-state index contributed by atoms with van der Waals surface area (Å²) in [6.45, 7) is 6.38. The predicted molar refractivity (Wildman–Crippen MR) is 149 cm³/mol. The van der Waals surface area contributed by atoms with E-state index in [2.05, 4.69) is 34.1 Å².